The van der Waals surface area contributed by atoms with Crippen molar-refractivity contribution >= 4 is 28.5 Å². The van der Waals surface area contributed by atoms with E-state index in [4.69, 9.17) is 4.74 Å². The smallest absolute Gasteiger partial charge is 0.344 e. The Bertz CT molecular complexity index is 779. The minimum atomic E-state index is -1.35. The van der Waals surface area contributed by atoms with Crippen molar-refractivity contribution in [1.29, 1.82) is 0 Å². The highest BCUT2D eigenvalue weighted by molar-refractivity contribution is 7.11. The predicted octanol–water partition coefficient (Wildman–Crippen LogP) is 2.79. The Labute approximate surface area is 139 Å². The zero-order valence-electron chi connectivity index (χ0n) is 12.7. The molecule has 0 saturated carbocycles. The summed E-state index contributed by atoms with van der Waals surface area (Å²) >= 11 is 0.724. The Balaban J connectivity index is 2.19. The van der Waals surface area contributed by atoms with Crippen LogP contribution in [-0.4, -0.2) is 40.5 Å². The Hall–Kier alpha value is -2.75. The first-order valence-electron chi connectivity index (χ1n) is 6.57. The Kier molecular flexibility index (Phi) is 5.29. The fraction of sp³-hybridized carbons (Fsp3) is 0.214. The third kappa shape index (κ3) is 3.96. The number of halogens is 2. The molecule has 2 N–H and O–H groups in total. The van der Waals surface area contributed by atoms with Crippen LogP contribution in [0.2, 0.25) is 0 Å². The molecule has 2 amide bonds. The number of hydrogen-bond donors (Lipinski definition) is 2. The molecular formula is C14H13F2N3O4S. The molecule has 2 aromatic rings. The van der Waals surface area contributed by atoms with Crippen molar-refractivity contribution in [1.82, 2.24) is 9.27 Å². The molecule has 10 heteroatoms. The zero-order valence-corrected chi connectivity index (χ0v) is 13.5. The molecule has 0 aliphatic carbocycles. The van der Waals surface area contributed by atoms with Gasteiger partial charge in [0, 0.05) is 25.7 Å². The Morgan fingerprint density at radius 3 is 2.67 bits per heavy atom. The number of rotatable bonds is 5. The van der Waals surface area contributed by atoms with Crippen LogP contribution in [0.5, 0.6) is 5.88 Å². The van der Waals surface area contributed by atoms with Crippen LogP contribution in [0.15, 0.2) is 18.2 Å². The maximum atomic E-state index is 13.6. The summed E-state index contributed by atoms with van der Waals surface area (Å²) in [6.07, 6.45) is 0. The van der Waals surface area contributed by atoms with Gasteiger partial charge in [-0.25, -0.2) is 18.4 Å². The standard InChI is InChI=1S/C14H13F2N3O4S/c1-19(2)14(22)17-12-10(13(20)21)11(18-24-12)23-6-7-3-4-8(15)5-9(7)16/h3-5H,6H2,1-2H3,(H,17,22)(H,20,21). The highest BCUT2D eigenvalue weighted by atomic mass is 32.1. The number of carbonyl (C=O) groups is 2. The molecule has 0 spiro atoms. The van der Waals surface area contributed by atoms with E-state index in [2.05, 4.69) is 9.69 Å². The number of ether oxygens (including phenoxy) is 1. The summed E-state index contributed by atoms with van der Waals surface area (Å²) in [5.74, 6) is -3.16. The lowest BCUT2D eigenvalue weighted by Crippen LogP contribution is -2.27. The SMILES string of the molecule is CN(C)C(=O)Nc1snc(OCc2ccc(F)cc2F)c1C(=O)O. The average molecular weight is 357 g/mol. The van der Waals surface area contributed by atoms with E-state index in [-0.39, 0.29) is 28.6 Å². The van der Waals surface area contributed by atoms with Crippen molar-refractivity contribution in [3.8, 4) is 5.88 Å². The van der Waals surface area contributed by atoms with Crippen LogP contribution in [0.1, 0.15) is 15.9 Å². The number of carboxylic acids is 1. The second-order valence-electron chi connectivity index (χ2n) is 4.85. The summed E-state index contributed by atoms with van der Waals surface area (Å²) < 4.78 is 35.5. The molecule has 1 aromatic carbocycles. The molecule has 1 heterocycles. The van der Waals surface area contributed by atoms with Gasteiger partial charge < -0.3 is 14.7 Å². The number of benzene rings is 1. The van der Waals surface area contributed by atoms with Gasteiger partial charge in [-0.15, -0.1) is 0 Å². The average Bonchev–Trinajstić information content (AvgIpc) is 2.89. The monoisotopic (exact) mass is 357 g/mol. The van der Waals surface area contributed by atoms with Gasteiger partial charge in [0.2, 0.25) is 5.88 Å². The quantitative estimate of drug-likeness (QED) is 0.858. The number of amides is 2. The maximum absolute atomic E-state index is 13.6. The molecule has 128 valence electrons. The minimum absolute atomic E-state index is 0.00391. The number of carbonyl (C=O) groups excluding carboxylic acids is 1. The van der Waals surface area contributed by atoms with Crippen LogP contribution < -0.4 is 10.1 Å². The molecule has 7 nitrogen and oxygen atoms in total. The van der Waals surface area contributed by atoms with Gasteiger partial charge in [0.15, 0.2) is 5.56 Å². The fourth-order valence-corrected chi connectivity index (χ4v) is 2.36. The summed E-state index contributed by atoms with van der Waals surface area (Å²) in [4.78, 5) is 24.2. The number of anilines is 1. The van der Waals surface area contributed by atoms with E-state index in [1.807, 2.05) is 0 Å². The summed E-state index contributed by atoms with van der Waals surface area (Å²) in [7, 11) is 2.98. The molecular weight excluding hydrogens is 344 g/mol. The van der Waals surface area contributed by atoms with Gasteiger partial charge in [0.05, 0.1) is 0 Å². The number of hydrogen-bond acceptors (Lipinski definition) is 5. The summed E-state index contributed by atoms with van der Waals surface area (Å²) in [6.45, 7) is -0.336. The molecule has 0 aliphatic rings. The van der Waals surface area contributed by atoms with Crippen LogP contribution in [0.3, 0.4) is 0 Å². The minimum Gasteiger partial charge on any atom is -0.477 e. The van der Waals surface area contributed by atoms with E-state index < -0.39 is 23.6 Å². The van der Waals surface area contributed by atoms with E-state index in [1.165, 1.54) is 25.1 Å². The number of aromatic carboxylic acids is 1. The van der Waals surface area contributed by atoms with Crippen LogP contribution in [0.25, 0.3) is 0 Å². The van der Waals surface area contributed by atoms with E-state index in [0.29, 0.717) is 6.07 Å². The zero-order chi connectivity index (χ0) is 17.9. The van der Waals surface area contributed by atoms with Crippen LogP contribution in [0.4, 0.5) is 18.6 Å². The molecule has 0 bridgehead atoms. The van der Waals surface area contributed by atoms with Gasteiger partial charge >= 0.3 is 12.0 Å². The maximum Gasteiger partial charge on any atom is 0.344 e. The second kappa shape index (κ2) is 7.21. The first-order valence-corrected chi connectivity index (χ1v) is 7.35. The van der Waals surface area contributed by atoms with Gasteiger partial charge in [-0.3, -0.25) is 5.32 Å². The van der Waals surface area contributed by atoms with Crippen molar-refractivity contribution in [2.45, 2.75) is 6.61 Å². The van der Waals surface area contributed by atoms with Gasteiger partial charge in [0.25, 0.3) is 0 Å². The summed E-state index contributed by atoms with van der Waals surface area (Å²) in [5, 5.41) is 11.7. The fourth-order valence-electron chi connectivity index (χ4n) is 1.64. The van der Waals surface area contributed by atoms with Crippen molar-refractivity contribution in [3.05, 3.63) is 41.0 Å². The molecule has 24 heavy (non-hydrogen) atoms. The summed E-state index contributed by atoms with van der Waals surface area (Å²) in [5.41, 5.74) is -0.294. The molecule has 1 aromatic heterocycles. The molecule has 0 unspecified atom stereocenters. The van der Waals surface area contributed by atoms with Gasteiger partial charge in [-0.1, -0.05) is 0 Å². The lowest BCUT2D eigenvalue weighted by molar-refractivity contribution is 0.0693. The Morgan fingerprint density at radius 1 is 1.38 bits per heavy atom. The first kappa shape index (κ1) is 17.6. The third-order valence-electron chi connectivity index (χ3n) is 2.88. The van der Waals surface area contributed by atoms with Crippen LogP contribution >= 0.6 is 11.5 Å². The topological polar surface area (TPSA) is 91.8 Å². The van der Waals surface area contributed by atoms with Crippen LogP contribution in [0, 0.1) is 11.6 Å². The van der Waals surface area contributed by atoms with Gasteiger partial charge in [0.1, 0.15) is 23.2 Å². The number of nitrogens with one attached hydrogen (secondary N) is 1. The van der Waals surface area contributed by atoms with Crippen molar-refractivity contribution in [2.75, 3.05) is 19.4 Å². The van der Waals surface area contributed by atoms with Crippen molar-refractivity contribution < 1.29 is 28.2 Å². The normalized spacial score (nSPS) is 10.3. The molecule has 0 atom stereocenters. The molecule has 0 saturated heterocycles. The van der Waals surface area contributed by atoms with E-state index in [1.54, 1.807) is 0 Å². The Morgan fingerprint density at radius 2 is 2.08 bits per heavy atom. The van der Waals surface area contributed by atoms with Crippen LogP contribution in [-0.2, 0) is 6.61 Å². The highest BCUT2D eigenvalue weighted by Gasteiger charge is 2.24. The largest absolute Gasteiger partial charge is 0.477 e. The number of nitrogens with zero attached hydrogens (tertiary/aromatic N) is 2. The van der Waals surface area contributed by atoms with Gasteiger partial charge in [-0.05, 0) is 23.7 Å². The van der Waals surface area contributed by atoms with E-state index in [0.717, 1.165) is 17.6 Å². The van der Waals surface area contributed by atoms with E-state index in [9.17, 15) is 23.5 Å². The lowest BCUT2D eigenvalue weighted by atomic mass is 10.2. The van der Waals surface area contributed by atoms with Gasteiger partial charge in [-0.2, -0.15) is 4.37 Å². The van der Waals surface area contributed by atoms with Crippen molar-refractivity contribution in [3.63, 3.8) is 0 Å². The number of carboxylic acid groups (broad SMARTS) is 1. The highest BCUT2D eigenvalue weighted by Crippen LogP contribution is 2.31. The number of aromatic nitrogens is 1. The molecule has 0 aliphatic heterocycles. The number of urea groups is 1. The first-order chi connectivity index (χ1) is 11.3. The summed E-state index contributed by atoms with van der Waals surface area (Å²) in [6, 6.07) is 2.41. The third-order valence-corrected chi connectivity index (χ3v) is 3.63. The second-order valence-corrected chi connectivity index (χ2v) is 5.62. The van der Waals surface area contributed by atoms with E-state index >= 15 is 0 Å². The molecule has 2 rings (SSSR count). The molecule has 0 fully saturated rings. The predicted molar refractivity (Wildman–Crippen MR) is 82.5 cm³/mol. The lowest BCUT2D eigenvalue weighted by Gasteiger charge is -2.11. The molecule has 0 radical (unpaired) electrons. The van der Waals surface area contributed by atoms with Crippen molar-refractivity contribution in [2.24, 2.45) is 0 Å².